The van der Waals surface area contributed by atoms with Crippen LogP contribution in [0.4, 0.5) is 4.79 Å². The van der Waals surface area contributed by atoms with E-state index in [0.29, 0.717) is 15.6 Å². The number of thioether (sulfide) groups is 1. The number of nitrogens with zero attached hydrogens (tertiary/aromatic N) is 1. The Hall–Kier alpha value is -2.98. The standard InChI is InChI=1S/C24H17Cl2NO6S2/c1-32-20-7-3-5-16(22(20)33-35(30,31)19-10-8-17(25)9-11-19)13-21-23(28)27(24(29)34-21)14-15-4-2-6-18(26)12-15/h2-13H,14H2,1H3/b21-13-. The van der Waals surface area contributed by atoms with E-state index in [2.05, 4.69) is 0 Å². The fourth-order valence-electron chi connectivity index (χ4n) is 3.25. The number of amides is 2. The van der Waals surface area contributed by atoms with Crippen LogP contribution < -0.4 is 8.92 Å². The van der Waals surface area contributed by atoms with Gasteiger partial charge < -0.3 is 8.92 Å². The molecule has 1 aliphatic rings. The molecule has 11 heteroatoms. The van der Waals surface area contributed by atoms with Crippen LogP contribution in [0, 0.1) is 0 Å². The van der Waals surface area contributed by atoms with Crippen molar-refractivity contribution in [3.63, 3.8) is 0 Å². The number of methoxy groups -OCH3 is 1. The first-order valence-electron chi connectivity index (χ1n) is 10.0. The van der Waals surface area contributed by atoms with E-state index in [1.54, 1.807) is 36.4 Å². The molecule has 1 heterocycles. The average molecular weight is 550 g/mol. The van der Waals surface area contributed by atoms with E-state index in [1.807, 2.05) is 0 Å². The van der Waals surface area contributed by atoms with Crippen LogP contribution in [0.5, 0.6) is 11.5 Å². The molecule has 2 amide bonds. The fourth-order valence-corrected chi connectivity index (χ4v) is 5.38. The van der Waals surface area contributed by atoms with Gasteiger partial charge in [-0.15, -0.1) is 0 Å². The number of para-hydroxylation sites is 1. The number of rotatable bonds is 7. The number of imide groups is 1. The summed E-state index contributed by atoms with van der Waals surface area (Å²) in [6, 6.07) is 17.0. The molecular weight excluding hydrogens is 533 g/mol. The first kappa shape index (κ1) is 25.1. The van der Waals surface area contributed by atoms with Gasteiger partial charge in [-0.05, 0) is 65.9 Å². The maximum atomic E-state index is 13.0. The largest absolute Gasteiger partial charge is 0.493 e. The highest BCUT2D eigenvalue weighted by atomic mass is 35.5. The molecule has 35 heavy (non-hydrogen) atoms. The molecule has 1 saturated heterocycles. The van der Waals surface area contributed by atoms with E-state index in [9.17, 15) is 18.0 Å². The number of ether oxygens (including phenoxy) is 1. The molecule has 0 spiro atoms. The van der Waals surface area contributed by atoms with E-state index >= 15 is 0 Å². The molecule has 0 radical (unpaired) electrons. The predicted octanol–water partition coefficient (Wildman–Crippen LogP) is 6.01. The Labute approximate surface area is 216 Å². The zero-order chi connectivity index (χ0) is 25.2. The molecule has 3 aromatic carbocycles. The second-order valence-corrected chi connectivity index (χ2v) is 10.7. The zero-order valence-corrected chi connectivity index (χ0v) is 21.2. The molecule has 0 aromatic heterocycles. The normalized spacial score (nSPS) is 15.1. The SMILES string of the molecule is COc1cccc(/C=C2\SC(=O)N(Cc3cccc(Cl)c3)C2=O)c1OS(=O)(=O)c1ccc(Cl)cc1. The summed E-state index contributed by atoms with van der Waals surface area (Å²) in [6.07, 6.45) is 1.40. The van der Waals surface area contributed by atoms with Crippen molar-refractivity contribution in [2.24, 2.45) is 0 Å². The van der Waals surface area contributed by atoms with Gasteiger partial charge in [0.05, 0.1) is 18.6 Å². The Morgan fingerprint density at radius 2 is 1.69 bits per heavy atom. The maximum absolute atomic E-state index is 13.0. The van der Waals surface area contributed by atoms with Crippen molar-refractivity contribution in [3.05, 3.63) is 92.8 Å². The Morgan fingerprint density at radius 3 is 2.37 bits per heavy atom. The summed E-state index contributed by atoms with van der Waals surface area (Å²) in [5.41, 5.74) is 0.940. The topological polar surface area (TPSA) is 90.0 Å². The summed E-state index contributed by atoms with van der Waals surface area (Å²) in [6.45, 7) is 0.0506. The molecule has 0 atom stereocenters. The van der Waals surface area contributed by atoms with Crippen molar-refractivity contribution in [3.8, 4) is 11.5 Å². The summed E-state index contributed by atoms with van der Waals surface area (Å²) >= 11 is 12.6. The van der Waals surface area contributed by atoms with E-state index in [0.717, 1.165) is 16.7 Å². The third-order valence-electron chi connectivity index (χ3n) is 4.91. The molecule has 7 nitrogen and oxygen atoms in total. The molecular formula is C24H17Cl2NO6S2. The van der Waals surface area contributed by atoms with Gasteiger partial charge in [-0.25, -0.2) is 0 Å². The van der Waals surface area contributed by atoms with Gasteiger partial charge in [0.25, 0.3) is 11.1 Å². The van der Waals surface area contributed by atoms with Crippen LogP contribution in [0.3, 0.4) is 0 Å². The molecule has 1 fully saturated rings. The maximum Gasteiger partial charge on any atom is 0.339 e. The van der Waals surface area contributed by atoms with Gasteiger partial charge in [0.2, 0.25) is 0 Å². The van der Waals surface area contributed by atoms with Crippen molar-refractivity contribution < 1.29 is 26.9 Å². The molecule has 180 valence electrons. The van der Waals surface area contributed by atoms with Gasteiger partial charge in [0, 0.05) is 15.6 Å². The lowest BCUT2D eigenvalue weighted by molar-refractivity contribution is -0.123. The number of carbonyl (C=O) groups is 2. The first-order chi connectivity index (χ1) is 16.7. The molecule has 0 N–H and O–H groups in total. The highest BCUT2D eigenvalue weighted by Crippen LogP contribution is 2.39. The van der Waals surface area contributed by atoms with Crippen molar-refractivity contribution in [1.29, 1.82) is 0 Å². The number of carbonyl (C=O) groups excluding carboxylic acids is 2. The number of halogens is 2. The van der Waals surface area contributed by atoms with Crippen molar-refractivity contribution in [2.75, 3.05) is 7.11 Å². The summed E-state index contributed by atoms with van der Waals surface area (Å²) in [4.78, 5) is 26.6. The summed E-state index contributed by atoms with van der Waals surface area (Å²) in [7, 11) is -2.89. The molecule has 1 aliphatic heterocycles. The van der Waals surface area contributed by atoms with E-state index in [1.165, 1.54) is 43.5 Å². The van der Waals surface area contributed by atoms with Crippen molar-refractivity contribution in [1.82, 2.24) is 4.90 Å². The van der Waals surface area contributed by atoms with Crippen LogP contribution in [-0.2, 0) is 21.5 Å². The quantitative estimate of drug-likeness (QED) is 0.263. The first-order valence-corrected chi connectivity index (χ1v) is 13.0. The summed E-state index contributed by atoms with van der Waals surface area (Å²) in [5.74, 6) is -0.504. The van der Waals surface area contributed by atoms with Gasteiger partial charge >= 0.3 is 10.1 Å². The third-order valence-corrected chi connectivity index (χ3v) is 7.54. The number of benzene rings is 3. The van der Waals surface area contributed by atoms with Crippen LogP contribution >= 0.6 is 35.0 Å². The molecule has 0 saturated carbocycles. The lowest BCUT2D eigenvalue weighted by atomic mass is 10.1. The van der Waals surface area contributed by atoms with Gasteiger partial charge in [-0.1, -0.05) is 47.5 Å². The van der Waals surface area contributed by atoms with Crippen LogP contribution in [0.25, 0.3) is 6.08 Å². The van der Waals surface area contributed by atoms with Gasteiger partial charge in [-0.2, -0.15) is 8.42 Å². The van der Waals surface area contributed by atoms with Gasteiger partial charge in [0.15, 0.2) is 11.5 Å². The smallest absolute Gasteiger partial charge is 0.339 e. The Bertz CT molecular complexity index is 1440. The zero-order valence-electron chi connectivity index (χ0n) is 18.1. The van der Waals surface area contributed by atoms with E-state index in [-0.39, 0.29) is 33.4 Å². The van der Waals surface area contributed by atoms with Crippen LogP contribution in [0.15, 0.2) is 76.5 Å². The lowest BCUT2D eigenvalue weighted by Gasteiger charge is -2.14. The monoisotopic (exact) mass is 549 g/mol. The predicted molar refractivity (Wildman–Crippen MR) is 135 cm³/mol. The van der Waals surface area contributed by atoms with Crippen LogP contribution in [-0.4, -0.2) is 31.6 Å². The molecule has 3 aromatic rings. The second-order valence-electron chi connectivity index (χ2n) is 7.27. The van der Waals surface area contributed by atoms with Crippen molar-refractivity contribution in [2.45, 2.75) is 11.4 Å². The lowest BCUT2D eigenvalue weighted by Crippen LogP contribution is -2.27. The minimum atomic E-state index is -4.25. The fraction of sp³-hybridized carbons (Fsp3) is 0.0833. The Morgan fingerprint density at radius 1 is 0.971 bits per heavy atom. The molecule has 0 aliphatic carbocycles. The highest BCUT2D eigenvalue weighted by molar-refractivity contribution is 8.18. The molecule has 0 bridgehead atoms. The average Bonchev–Trinajstić information content (AvgIpc) is 3.07. The minimum absolute atomic E-state index is 0.0506. The second kappa shape index (κ2) is 10.3. The number of hydrogen-bond donors (Lipinski definition) is 0. The summed E-state index contributed by atoms with van der Waals surface area (Å²) in [5, 5.41) is 0.404. The molecule has 0 unspecified atom stereocenters. The van der Waals surface area contributed by atoms with Gasteiger partial charge in [0.1, 0.15) is 4.90 Å². The Balaban J connectivity index is 1.66. The van der Waals surface area contributed by atoms with E-state index < -0.39 is 21.3 Å². The van der Waals surface area contributed by atoms with Crippen LogP contribution in [0.1, 0.15) is 11.1 Å². The number of hydrogen-bond acceptors (Lipinski definition) is 7. The van der Waals surface area contributed by atoms with Gasteiger partial charge in [-0.3, -0.25) is 14.5 Å². The Kier molecular flexibility index (Phi) is 7.42. The third kappa shape index (κ3) is 5.65. The highest BCUT2D eigenvalue weighted by Gasteiger charge is 2.35. The molecule has 4 rings (SSSR count). The van der Waals surface area contributed by atoms with E-state index in [4.69, 9.17) is 32.1 Å². The minimum Gasteiger partial charge on any atom is -0.493 e. The summed E-state index contributed by atoms with van der Waals surface area (Å²) < 4.78 is 36.5. The van der Waals surface area contributed by atoms with Crippen molar-refractivity contribution >= 4 is 62.3 Å². The van der Waals surface area contributed by atoms with Crippen LogP contribution in [0.2, 0.25) is 10.0 Å².